The second kappa shape index (κ2) is 7.05. The van der Waals surface area contributed by atoms with Crippen LogP contribution in [-0.2, 0) is 0 Å². The number of methoxy groups -OCH3 is 1. The summed E-state index contributed by atoms with van der Waals surface area (Å²) in [5.41, 5.74) is 1.73. The molecular formula is C17H22FNOS. The molecule has 1 atom stereocenters. The highest BCUT2D eigenvalue weighted by Crippen LogP contribution is 2.36. The molecule has 0 saturated carbocycles. The number of benzene rings is 1. The van der Waals surface area contributed by atoms with Crippen molar-refractivity contribution in [2.75, 3.05) is 13.7 Å². The maximum absolute atomic E-state index is 14.4. The van der Waals surface area contributed by atoms with Crippen LogP contribution in [0.2, 0.25) is 0 Å². The Morgan fingerprint density at radius 3 is 2.67 bits per heavy atom. The maximum atomic E-state index is 14.4. The highest BCUT2D eigenvalue weighted by Gasteiger charge is 2.24. The number of thiophene rings is 1. The fourth-order valence-corrected chi connectivity index (χ4v) is 3.53. The summed E-state index contributed by atoms with van der Waals surface area (Å²) >= 11 is 1.74. The summed E-state index contributed by atoms with van der Waals surface area (Å²) < 4.78 is 19.8. The molecule has 0 saturated heterocycles. The third-order valence-corrected chi connectivity index (χ3v) is 4.49. The van der Waals surface area contributed by atoms with Gasteiger partial charge >= 0.3 is 0 Å². The number of rotatable bonds is 6. The van der Waals surface area contributed by atoms with Gasteiger partial charge in [-0.1, -0.05) is 13.0 Å². The SMILES string of the molecule is CCCNC(c1cc(C)sc1C)c1c(F)cccc1OC. The van der Waals surface area contributed by atoms with Crippen molar-refractivity contribution in [1.29, 1.82) is 0 Å². The summed E-state index contributed by atoms with van der Waals surface area (Å²) in [4.78, 5) is 2.45. The lowest BCUT2D eigenvalue weighted by Gasteiger charge is -2.22. The van der Waals surface area contributed by atoms with E-state index in [4.69, 9.17) is 4.74 Å². The first-order chi connectivity index (χ1) is 10.1. The molecule has 21 heavy (non-hydrogen) atoms. The summed E-state index contributed by atoms with van der Waals surface area (Å²) in [5.74, 6) is 0.359. The van der Waals surface area contributed by atoms with Crippen molar-refractivity contribution in [3.63, 3.8) is 0 Å². The zero-order chi connectivity index (χ0) is 15.4. The summed E-state index contributed by atoms with van der Waals surface area (Å²) in [7, 11) is 1.58. The van der Waals surface area contributed by atoms with Gasteiger partial charge in [-0.2, -0.15) is 0 Å². The van der Waals surface area contributed by atoms with Crippen molar-refractivity contribution < 1.29 is 9.13 Å². The number of aryl methyl sites for hydroxylation is 2. The van der Waals surface area contributed by atoms with Gasteiger partial charge in [0.15, 0.2) is 0 Å². The minimum absolute atomic E-state index is 0.175. The van der Waals surface area contributed by atoms with Gasteiger partial charge in [0, 0.05) is 9.75 Å². The van der Waals surface area contributed by atoms with Gasteiger partial charge in [-0.05, 0) is 50.6 Å². The van der Waals surface area contributed by atoms with Crippen LogP contribution < -0.4 is 10.1 Å². The van der Waals surface area contributed by atoms with Crippen LogP contribution in [0.5, 0.6) is 5.75 Å². The summed E-state index contributed by atoms with van der Waals surface area (Å²) in [6.45, 7) is 7.10. The Morgan fingerprint density at radius 2 is 2.10 bits per heavy atom. The molecule has 1 N–H and O–H groups in total. The van der Waals surface area contributed by atoms with Crippen LogP contribution in [0.4, 0.5) is 4.39 Å². The first-order valence-electron chi connectivity index (χ1n) is 7.21. The van der Waals surface area contributed by atoms with Crippen molar-refractivity contribution in [2.24, 2.45) is 0 Å². The van der Waals surface area contributed by atoms with Crippen LogP contribution in [0, 0.1) is 19.7 Å². The van der Waals surface area contributed by atoms with Gasteiger partial charge in [0.25, 0.3) is 0 Å². The van der Waals surface area contributed by atoms with E-state index in [1.807, 2.05) is 6.07 Å². The lowest BCUT2D eigenvalue weighted by atomic mass is 9.97. The van der Waals surface area contributed by atoms with E-state index in [9.17, 15) is 4.39 Å². The Hall–Kier alpha value is -1.39. The molecule has 0 spiro atoms. The average molecular weight is 307 g/mol. The first-order valence-corrected chi connectivity index (χ1v) is 8.02. The Bertz CT molecular complexity index is 609. The molecule has 0 bridgehead atoms. The molecule has 2 aromatic rings. The molecule has 1 aromatic carbocycles. The zero-order valence-electron chi connectivity index (χ0n) is 13.0. The number of nitrogens with one attached hydrogen (secondary N) is 1. The van der Waals surface area contributed by atoms with E-state index in [1.165, 1.54) is 15.8 Å². The van der Waals surface area contributed by atoms with Gasteiger partial charge < -0.3 is 10.1 Å². The highest BCUT2D eigenvalue weighted by atomic mass is 32.1. The molecule has 1 unspecified atom stereocenters. The second-order valence-electron chi connectivity index (χ2n) is 5.11. The van der Waals surface area contributed by atoms with Gasteiger partial charge in [-0.3, -0.25) is 0 Å². The van der Waals surface area contributed by atoms with Crippen LogP contribution in [0.15, 0.2) is 24.3 Å². The molecular weight excluding hydrogens is 285 g/mol. The molecule has 114 valence electrons. The van der Waals surface area contributed by atoms with Crippen LogP contribution in [0.3, 0.4) is 0 Å². The van der Waals surface area contributed by atoms with E-state index in [2.05, 4.69) is 32.2 Å². The predicted octanol–water partition coefficient (Wildman–Crippen LogP) is 4.60. The summed E-state index contributed by atoms with van der Waals surface area (Å²) in [6, 6.07) is 6.95. The van der Waals surface area contributed by atoms with Gasteiger partial charge in [-0.25, -0.2) is 4.39 Å². The minimum atomic E-state index is -0.230. The Kier molecular flexibility index (Phi) is 5.37. The van der Waals surface area contributed by atoms with E-state index in [1.54, 1.807) is 24.5 Å². The van der Waals surface area contributed by atoms with Crippen molar-refractivity contribution in [3.05, 3.63) is 51.0 Å². The molecule has 2 rings (SSSR count). The summed E-state index contributed by atoms with van der Waals surface area (Å²) in [5, 5.41) is 3.46. The smallest absolute Gasteiger partial charge is 0.132 e. The van der Waals surface area contributed by atoms with E-state index >= 15 is 0 Å². The van der Waals surface area contributed by atoms with Crippen LogP contribution in [0.25, 0.3) is 0 Å². The fraction of sp³-hybridized carbons (Fsp3) is 0.412. The molecule has 2 nitrogen and oxygen atoms in total. The molecule has 1 heterocycles. The topological polar surface area (TPSA) is 21.3 Å². The van der Waals surface area contributed by atoms with E-state index in [0.717, 1.165) is 18.5 Å². The third kappa shape index (κ3) is 3.44. The number of hydrogen-bond donors (Lipinski definition) is 1. The summed E-state index contributed by atoms with van der Waals surface area (Å²) in [6.07, 6.45) is 0.995. The second-order valence-corrected chi connectivity index (χ2v) is 6.57. The molecule has 0 fully saturated rings. The highest BCUT2D eigenvalue weighted by molar-refractivity contribution is 7.12. The number of halogens is 1. The maximum Gasteiger partial charge on any atom is 0.132 e. The van der Waals surface area contributed by atoms with Crippen molar-refractivity contribution in [2.45, 2.75) is 33.2 Å². The lowest BCUT2D eigenvalue weighted by molar-refractivity contribution is 0.396. The molecule has 4 heteroatoms. The molecule has 0 amide bonds. The van der Waals surface area contributed by atoms with E-state index in [0.29, 0.717) is 11.3 Å². The predicted molar refractivity (Wildman–Crippen MR) is 86.9 cm³/mol. The largest absolute Gasteiger partial charge is 0.496 e. The average Bonchev–Trinajstić information content (AvgIpc) is 2.79. The van der Waals surface area contributed by atoms with Crippen LogP contribution >= 0.6 is 11.3 Å². The molecule has 0 radical (unpaired) electrons. The van der Waals surface area contributed by atoms with Gasteiger partial charge in [0.2, 0.25) is 0 Å². The Labute approximate surface area is 130 Å². The fourth-order valence-electron chi connectivity index (χ4n) is 2.57. The monoisotopic (exact) mass is 307 g/mol. The normalized spacial score (nSPS) is 12.4. The lowest BCUT2D eigenvalue weighted by Crippen LogP contribution is -2.25. The third-order valence-electron chi connectivity index (χ3n) is 3.51. The van der Waals surface area contributed by atoms with Gasteiger partial charge in [0.1, 0.15) is 11.6 Å². The molecule has 0 aliphatic heterocycles. The molecule has 1 aromatic heterocycles. The van der Waals surface area contributed by atoms with E-state index in [-0.39, 0.29) is 11.9 Å². The number of hydrogen-bond acceptors (Lipinski definition) is 3. The van der Waals surface area contributed by atoms with Crippen LogP contribution in [0.1, 0.15) is 40.3 Å². The standard InChI is InChI=1S/C17H22FNOS/c1-5-9-19-17(13-10-11(2)21-12(13)3)16-14(18)7-6-8-15(16)20-4/h6-8,10,17,19H,5,9H2,1-4H3. The Balaban J connectivity index is 2.53. The van der Waals surface area contributed by atoms with E-state index < -0.39 is 0 Å². The Morgan fingerprint density at radius 1 is 1.33 bits per heavy atom. The first kappa shape index (κ1) is 16.0. The molecule has 0 aliphatic rings. The van der Waals surface area contributed by atoms with Gasteiger partial charge in [-0.15, -0.1) is 11.3 Å². The number of ether oxygens (including phenoxy) is 1. The minimum Gasteiger partial charge on any atom is -0.496 e. The van der Waals surface area contributed by atoms with Crippen molar-refractivity contribution in [3.8, 4) is 5.75 Å². The molecule has 0 aliphatic carbocycles. The van der Waals surface area contributed by atoms with Crippen molar-refractivity contribution >= 4 is 11.3 Å². The quantitative estimate of drug-likeness (QED) is 0.842. The van der Waals surface area contributed by atoms with Crippen molar-refractivity contribution in [1.82, 2.24) is 5.32 Å². The van der Waals surface area contributed by atoms with Gasteiger partial charge in [0.05, 0.1) is 18.7 Å². The van der Waals surface area contributed by atoms with Crippen LogP contribution in [-0.4, -0.2) is 13.7 Å². The zero-order valence-corrected chi connectivity index (χ0v) is 13.8.